The van der Waals surface area contributed by atoms with Crippen molar-refractivity contribution >= 4 is 31.7 Å². The van der Waals surface area contributed by atoms with E-state index >= 15 is 0 Å². The van der Waals surface area contributed by atoms with Crippen molar-refractivity contribution in [2.75, 3.05) is 0 Å². The summed E-state index contributed by atoms with van der Waals surface area (Å²) in [5.74, 6) is 0.498. The number of aryl methyl sites for hydroxylation is 1. The molecule has 0 saturated carbocycles. The van der Waals surface area contributed by atoms with Gasteiger partial charge >= 0.3 is 6.09 Å². The number of hydrogen-bond donors (Lipinski definition) is 2. The van der Waals surface area contributed by atoms with Crippen LogP contribution in [0.5, 0.6) is 5.75 Å². The summed E-state index contributed by atoms with van der Waals surface area (Å²) in [6.45, 7) is 2.16. The molecule has 0 atom stereocenters. The van der Waals surface area contributed by atoms with Gasteiger partial charge in [-0.3, -0.25) is 0 Å². The van der Waals surface area contributed by atoms with Crippen LogP contribution in [-0.4, -0.2) is 9.80 Å². The van der Waals surface area contributed by atoms with E-state index in [4.69, 9.17) is 4.74 Å². The molecule has 1 aromatic rings. The normalized spacial score (nSPS) is 9.35. The second kappa shape index (κ2) is 8.90. The Labute approximate surface area is 127 Å². The molecule has 0 aliphatic carbocycles. The summed E-state index contributed by atoms with van der Waals surface area (Å²) in [6.07, 6.45) is 2.77. The Morgan fingerprint density at radius 1 is 1.29 bits per heavy atom. The van der Waals surface area contributed by atoms with Crippen LogP contribution in [0.4, 0.5) is 4.79 Å². The van der Waals surface area contributed by atoms with Gasteiger partial charge in [0, 0.05) is 21.1 Å². The number of carbonyl (C=O) groups is 1. The molecule has 0 N–H and O–H groups in total. The van der Waals surface area contributed by atoms with Crippen molar-refractivity contribution in [2.45, 2.75) is 26.2 Å². The molecular formula is C11H15NO2S2W. The molecular weight excluding hydrogens is 426 g/mol. The Bertz CT molecular complexity index is 344. The Morgan fingerprint density at radius 2 is 1.88 bits per heavy atom. The topological polar surface area (TPSA) is 29.5 Å². The number of ether oxygens (including phenoxy) is 1. The van der Waals surface area contributed by atoms with E-state index < -0.39 is 6.09 Å². The van der Waals surface area contributed by atoms with Crippen LogP contribution in [0.1, 0.15) is 25.3 Å². The van der Waals surface area contributed by atoms with E-state index in [-0.39, 0.29) is 21.1 Å². The number of thiol groups is 2. The van der Waals surface area contributed by atoms with Gasteiger partial charge in [-0.2, -0.15) is 3.71 Å². The third-order valence-corrected chi connectivity index (χ3v) is 2.44. The molecule has 0 fully saturated rings. The number of rotatable bonds is 4. The van der Waals surface area contributed by atoms with Crippen LogP contribution in [0.2, 0.25) is 0 Å². The van der Waals surface area contributed by atoms with Crippen molar-refractivity contribution < 1.29 is 30.6 Å². The van der Waals surface area contributed by atoms with Gasteiger partial charge < -0.3 is 4.74 Å². The molecule has 1 amide bonds. The summed E-state index contributed by atoms with van der Waals surface area (Å²) in [4.78, 5) is 11.1. The maximum absolute atomic E-state index is 11.1. The van der Waals surface area contributed by atoms with Gasteiger partial charge in [0.1, 0.15) is 5.75 Å². The molecule has 0 aromatic heterocycles. The third-order valence-electron chi connectivity index (χ3n) is 2.11. The molecule has 0 spiro atoms. The van der Waals surface area contributed by atoms with Gasteiger partial charge in [-0.1, -0.05) is 25.5 Å². The SMILES string of the molecule is CCCCc1ccc(OC(=O)N(S)S)cc1.[W]. The predicted molar refractivity (Wildman–Crippen MR) is 70.9 cm³/mol. The fourth-order valence-electron chi connectivity index (χ4n) is 1.25. The summed E-state index contributed by atoms with van der Waals surface area (Å²) < 4.78 is 5.77. The van der Waals surface area contributed by atoms with Crippen molar-refractivity contribution in [3.05, 3.63) is 29.8 Å². The van der Waals surface area contributed by atoms with Gasteiger partial charge in [-0.15, -0.1) is 0 Å². The Kier molecular flexibility index (Phi) is 8.83. The number of carbonyl (C=O) groups excluding carboxylic acids is 1. The molecule has 0 radical (unpaired) electrons. The third kappa shape index (κ3) is 6.39. The maximum atomic E-state index is 11.1. The van der Waals surface area contributed by atoms with Gasteiger partial charge in [0.2, 0.25) is 0 Å². The second-order valence-electron chi connectivity index (χ2n) is 3.40. The minimum atomic E-state index is -0.618. The van der Waals surface area contributed by atoms with Crippen LogP contribution in [0.3, 0.4) is 0 Å². The predicted octanol–water partition coefficient (Wildman–Crippen LogP) is 3.52. The van der Waals surface area contributed by atoms with Crippen molar-refractivity contribution in [2.24, 2.45) is 0 Å². The first-order chi connectivity index (χ1) is 7.63. The number of hydrogen-bond acceptors (Lipinski definition) is 4. The molecule has 0 saturated heterocycles. The standard InChI is InChI=1S/C11H15NO2S2.W/c1-2-3-4-9-5-7-10(8-6-9)14-11(13)12(15)16;/h5-8,15-16H,2-4H2,1H3;. The second-order valence-corrected chi connectivity index (χ2v) is 4.52. The molecule has 0 heterocycles. The Hall–Kier alpha value is -0.122. The minimum Gasteiger partial charge on any atom is -0.409 e. The van der Waals surface area contributed by atoms with Crippen LogP contribution < -0.4 is 4.74 Å². The molecule has 0 bridgehead atoms. The van der Waals surface area contributed by atoms with Crippen LogP contribution in [0, 0.1) is 0 Å². The molecule has 0 aliphatic heterocycles. The Morgan fingerprint density at radius 3 is 2.35 bits per heavy atom. The van der Waals surface area contributed by atoms with E-state index in [2.05, 4.69) is 32.6 Å². The fraction of sp³-hybridized carbons (Fsp3) is 0.364. The van der Waals surface area contributed by atoms with Crippen LogP contribution >= 0.6 is 25.6 Å². The zero-order valence-electron chi connectivity index (χ0n) is 9.50. The minimum absolute atomic E-state index is 0. The van der Waals surface area contributed by atoms with E-state index in [1.54, 1.807) is 12.1 Å². The van der Waals surface area contributed by atoms with Gasteiger partial charge in [0.05, 0.1) is 0 Å². The first kappa shape index (κ1) is 16.9. The summed E-state index contributed by atoms with van der Waals surface area (Å²) in [5.41, 5.74) is 1.25. The molecule has 17 heavy (non-hydrogen) atoms. The molecule has 3 nitrogen and oxygen atoms in total. The van der Waals surface area contributed by atoms with Crippen LogP contribution in [0.25, 0.3) is 0 Å². The number of benzene rings is 1. The summed E-state index contributed by atoms with van der Waals surface area (Å²) in [6, 6.07) is 7.46. The molecule has 1 aromatic carbocycles. The number of amides is 1. The van der Waals surface area contributed by atoms with Crippen LogP contribution in [-0.2, 0) is 27.5 Å². The average molecular weight is 441 g/mol. The van der Waals surface area contributed by atoms with Gasteiger partial charge in [0.25, 0.3) is 0 Å². The Balaban J connectivity index is 0.00000256. The molecule has 1 rings (SSSR count). The average Bonchev–Trinajstić information content (AvgIpc) is 2.28. The monoisotopic (exact) mass is 441 g/mol. The number of nitrogens with zero attached hydrogens (tertiary/aromatic N) is 1. The molecule has 0 aliphatic rings. The molecule has 0 unspecified atom stereocenters. The van der Waals surface area contributed by atoms with E-state index in [1.165, 1.54) is 18.4 Å². The van der Waals surface area contributed by atoms with Gasteiger partial charge in [-0.25, -0.2) is 4.79 Å². The van der Waals surface area contributed by atoms with Crippen molar-refractivity contribution in [1.29, 1.82) is 0 Å². The first-order valence-corrected chi connectivity index (χ1v) is 5.92. The largest absolute Gasteiger partial charge is 0.435 e. The summed E-state index contributed by atoms with van der Waals surface area (Å²) in [5, 5.41) is 0. The maximum Gasteiger partial charge on any atom is 0.435 e. The smallest absolute Gasteiger partial charge is 0.409 e. The van der Waals surface area contributed by atoms with E-state index in [9.17, 15) is 4.79 Å². The zero-order chi connectivity index (χ0) is 12.0. The van der Waals surface area contributed by atoms with Crippen LogP contribution in [0.15, 0.2) is 24.3 Å². The quantitative estimate of drug-likeness (QED) is 0.701. The first-order valence-electron chi connectivity index (χ1n) is 5.12. The van der Waals surface area contributed by atoms with E-state index in [0.717, 1.165) is 10.1 Å². The fourth-order valence-corrected chi connectivity index (χ4v) is 1.33. The van der Waals surface area contributed by atoms with Gasteiger partial charge in [0.15, 0.2) is 0 Å². The van der Waals surface area contributed by atoms with Crippen molar-refractivity contribution in [3.8, 4) is 5.75 Å². The van der Waals surface area contributed by atoms with Gasteiger partial charge in [-0.05, 0) is 56.2 Å². The molecule has 6 heteroatoms. The number of unbranched alkanes of at least 4 members (excludes halogenated alkanes) is 1. The summed E-state index contributed by atoms with van der Waals surface area (Å²) in [7, 11) is 0. The molecule has 94 valence electrons. The summed E-state index contributed by atoms with van der Waals surface area (Å²) >= 11 is 7.43. The van der Waals surface area contributed by atoms with E-state index in [1.807, 2.05) is 12.1 Å². The van der Waals surface area contributed by atoms with Crippen molar-refractivity contribution in [1.82, 2.24) is 3.71 Å². The van der Waals surface area contributed by atoms with E-state index in [0.29, 0.717) is 5.75 Å². The van der Waals surface area contributed by atoms with Crippen molar-refractivity contribution in [3.63, 3.8) is 0 Å². The zero-order valence-corrected chi connectivity index (χ0v) is 14.2.